The lowest BCUT2D eigenvalue weighted by atomic mass is 10.1. The molecule has 0 saturated carbocycles. The van der Waals surface area contributed by atoms with Crippen molar-refractivity contribution >= 4 is 21.5 Å². The number of hydrogen-bond donors (Lipinski definition) is 0. The van der Waals surface area contributed by atoms with E-state index in [1.54, 1.807) is 0 Å². The largest absolute Gasteiger partial charge is 0.493 e. The second kappa shape index (κ2) is 13.6. The standard InChI is InChI=1S/C36H36O4/c1-27-13-5-3-7-23-37-34-20-10-18-32-30(34)16-12-22-36(32)40-26-28(2)14-6-4-8-24-38-33-19-9-17-31-29(33)15-11-21-35(31)39-25-27/h5-6,9-22H,1-4,7-8,23-26H2/b13-5+,14-6+. The van der Waals surface area contributed by atoms with Crippen molar-refractivity contribution in [3.63, 3.8) is 0 Å². The molecule has 0 radical (unpaired) electrons. The van der Waals surface area contributed by atoms with E-state index in [2.05, 4.69) is 49.6 Å². The summed E-state index contributed by atoms with van der Waals surface area (Å²) >= 11 is 0. The van der Waals surface area contributed by atoms with Crippen LogP contribution in [0, 0.1) is 0 Å². The van der Waals surface area contributed by atoms with Gasteiger partial charge in [-0.05, 0) is 61.1 Å². The van der Waals surface area contributed by atoms with Crippen LogP contribution in [0.1, 0.15) is 25.7 Å². The van der Waals surface area contributed by atoms with E-state index < -0.39 is 0 Å². The highest BCUT2D eigenvalue weighted by Crippen LogP contribution is 2.34. The summed E-state index contributed by atoms with van der Waals surface area (Å²) in [6, 6.07) is 24.3. The summed E-state index contributed by atoms with van der Waals surface area (Å²) in [5.41, 5.74) is 1.84. The molecule has 0 aromatic heterocycles. The van der Waals surface area contributed by atoms with E-state index in [-0.39, 0.29) is 0 Å². The Morgan fingerprint density at radius 2 is 0.800 bits per heavy atom. The summed E-state index contributed by atoms with van der Waals surface area (Å²) in [6.07, 6.45) is 11.9. The number of hydrogen-bond acceptors (Lipinski definition) is 4. The van der Waals surface area contributed by atoms with Gasteiger partial charge >= 0.3 is 0 Å². The predicted molar refractivity (Wildman–Crippen MR) is 165 cm³/mol. The highest BCUT2D eigenvalue weighted by atomic mass is 16.5. The minimum atomic E-state index is 0.426. The Morgan fingerprint density at radius 1 is 0.450 bits per heavy atom. The van der Waals surface area contributed by atoms with Gasteiger partial charge in [-0.15, -0.1) is 0 Å². The van der Waals surface area contributed by atoms with Crippen molar-refractivity contribution < 1.29 is 18.9 Å². The summed E-state index contributed by atoms with van der Waals surface area (Å²) in [4.78, 5) is 0. The van der Waals surface area contributed by atoms with Gasteiger partial charge in [-0.2, -0.15) is 0 Å². The fourth-order valence-electron chi connectivity index (χ4n) is 4.71. The quantitative estimate of drug-likeness (QED) is 0.226. The van der Waals surface area contributed by atoms with Gasteiger partial charge in [0.2, 0.25) is 0 Å². The molecule has 0 amide bonds. The predicted octanol–water partition coefficient (Wildman–Crippen LogP) is 9.01. The number of rotatable bonds is 0. The van der Waals surface area contributed by atoms with Crippen LogP contribution >= 0.6 is 0 Å². The van der Waals surface area contributed by atoms with Crippen molar-refractivity contribution in [2.75, 3.05) is 26.4 Å². The second-order valence-corrected chi connectivity index (χ2v) is 9.89. The zero-order chi connectivity index (χ0) is 27.6. The maximum Gasteiger partial charge on any atom is 0.127 e. The molecule has 0 atom stereocenters. The van der Waals surface area contributed by atoms with E-state index in [1.165, 1.54) is 0 Å². The smallest absolute Gasteiger partial charge is 0.127 e. The van der Waals surface area contributed by atoms with E-state index in [4.69, 9.17) is 18.9 Å². The highest BCUT2D eigenvalue weighted by molar-refractivity contribution is 5.93. The Bertz CT molecular complexity index is 1430. The average molecular weight is 533 g/mol. The molecule has 204 valence electrons. The molecule has 0 fully saturated rings. The molecule has 8 bridgehead atoms. The molecule has 4 aromatic rings. The van der Waals surface area contributed by atoms with E-state index in [0.717, 1.165) is 81.4 Å². The molecule has 4 nitrogen and oxygen atoms in total. The van der Waals surface area contributed by atoms with Gasteiger partial charge in [-0.3, -0.25) is 0 Å². The van der Waals surface area contributed by atoms with Gasteiger partial charge in [0.1, 0.15) is 36.2 Å². The molecular formula is C36H36O4. The Labute approximate surface area is 236 Å². The second-order valence-electron chi connectivity index (χ2n) is 9.89. The van der Waals surface area contributed by atoms with Crippen LogP contribution in [-0.2, 0) is 0 Å². The van der Waals surface area contributed by atoms with Crippen LogP contribution in [0.25, 0.3) is 21.5 Å². The molecule has 40 heavy (non-hydrogen) atoms. The molecule has 5 rings (SSSR count). The lowest BCUT2D eigenvalue weighted by Crippen LogP contribution is -2.01. The third kappa shape index (κ3) is 6.95. The Hall–Kier alpha value is -4.44. The normalized spacial score (nSPS) is 17.5. The lowest BCUT2D eigenvalue weighted by molar-refractivity contribution is 0.315. The van der Waals surface area contributed by atoms with Crippen molar-refractivity contribution in [2.24, 2.45) is 0 Å². The Balaban J connectivity index is 1.31. The van der Waals surface area contributed by atoms with Gasteiger partial charge in [-0.25, -0.2) is 0 Å². The topological polar surface area (TPSA) is 36.9 Å². The van der Waals surface area contributed by atoms with Crippen molar-refractivity contribution in [3.05, 3.63) is 121 Å². The van der Waals surface area contributed by atoms with Crippen LogP contribution in [0.3, 0.4) is 0 Å². The number of ether oxygens (including phenoxy) is 4. The zero-order valence-corrected chi connectivity index (χ0v) is 22.9. The van der Waals surface area contributed by atoms with Crippen molar-refractivity contribution in [2.45, 2.75) is 25.7 Å². The first-order valence-electron chi connectivity index (χ1n) is 13.9. The first kappa shape index (κ1) is 27.1. The molecule has 0 aliphatic carbocycles. The molecule has 0 unspecified atom stereocenters. The molecular weight excluding hydrogens is 496 g/mol. The minimum absolute atomic E-state index is 0.426. The third-order valence-corrected chi connectivity index (χ3v) is 6.76. The number of benzene rings is 4. The summed E-state index contributed by atoms with van der Waals surface area (Å²) in [5, 5.41) is 4.16. The Morgan fingerprint density at radius 3 is 1.18 bits per heavy atom. The van der Waals surface area contributed by atoms with Gasteiger partial charge in [0.25, 0.3) is 0 Å². The minimum Gasteiger partial charge on any atom is -0.493 e. The molecule has 0 N–H and O–H groups in total. The van der Waals surface area contributed by atoms with Crippen molar-refractivity contribution in [1.29, 1.82) is 0 Å². The van der Waals surface area contributed by atoms with Gasteiger partial charge in [-0.1, -0.05) is 86.0 Å². The van der Waals surface area contributed by atoms with Crippen molar-refractivity contribution in [3.8, 4) is 23.0 Å². The summed E-state index contributed by atoms with van der Waals surface area (Å²) in [7, 11) is 0. The fourth-order valence-corrected chi connectivity index (χ4v) is 4.71. The first-order chi connectivity index (χ1) is 19.7. The average Bonchev–Trinajstić information content (AvgIpc) is 2.98. The zero-order valence-electron chi connectivity index (χ0n) is 22.9. The van der Waals surface area contributed by atoms with Crippen LogP contribution < -0.4 is 18.9 Å². The fraction of sp³-hybridized carbons (Fsp3) is 0.222. The van der Waals surface area contributed by atoms with Crippen LogP contribution in [0.2, 0.25) is 0 Å². The highest BCUT2D eigenvalue weighted by Gasteiger charge is 2.09. The van der Waals surface area contributed by atoms with Crippen LogP contribution in [-0.4, -0.2) is 26.4 Å². The van der Waals surface area contributed by atoms with E-state index >= 15 is 0 Å². The van der Waals surface area contributed by atoms with Crippen LogP contribution in [0.4, 0.5) is 0 Å². The first-order valence-corrected chi connectivity index (χ1v) is 13.9. The monoisotopic (exact) mass is 532 g/mol. The Kier molecular flexibility index (Phi) is 9.21. The van der Waals surface area contributed by atoms with Gasteiger partial charge in [0.15, 0.2) is 0 Å². The maximum absolute atomic E-state index is 6.16. The summed E-state index contributed by atoms with van der Waals surface area (Å²) in [6.45, 7) is 10.4. The van der Waals surface area contributed by atoms with E-state index in [1.807, 2.05) is 60.7 Å². The molecule has 0 spiro atoms. The van der Waals surface area contributed by atoms with Gasteiger partial charge < -0.3 is 18.9 Å². The molecule has 0 saturated heterocycles. The summed E-state index contributed by atoms with van der Waals surface area (Å²) in [5.74, 6) is 3.39. The molecule has 4 aromatic carbocycles. The molecule has 4 heteroatoms. The van der Waals surface area contributed by atoms with Crippen LogP contribution in [0.5, 0.6) is 23.0 Å². The van der Waals surface area contributed by atoms with Crippen LogP contribution in [0.15, 0.2) is 121 Å². The lowest BCUT2D eigenvalue weighted by Gasteiger charge is -2.13. The van der Waals surface area contributed by atoms with Gasteiger partial charge in [0.05, 0.1) is 13.2 Å². The summed E-state index contributed by atoms with van der Waals surface area (Å²) < 4.78 is 24.6. The molecule has 1 aliphatic heterocycles. The molecule has 1 heterocycles. The SMILES string of the molecule is C=C1/C=C/CCCOc2cccc3c(cccc23)OCC(=C)/C=C/CCCOc2cccc3c(cccc23)OC1. The van der Waals surface area contributed by atoms with E-state index in [0.29, 0.717) is 26.4 Å². The van der Waals surface area contributed by atoms with E-state index in [9.17, 15) is 0 Å². The maximum atomic E-state index is 6.16. The molecule has 1 aliphatic rings. The third-order valence-electron chi connectivity index (χ3n) is 6.76. The number of allylic oxidation sites excluding steroid dienone is 2. The van der Waals surface area contributed by atoms with Gasteiger partial charge in [0, 0.05) is 21.5 Å². The van der Waals surface area contributed by atoms with Crippen molar-refractivity contribution in [1.82, 2.24) is 0 Å².